The van der Waals surface area contributed by atoms with Crippen molar-refractivity contribution in [2.45, 2.75) is 19.8 Å². The van der Waals surface area contributed by atoms with Gasteiger partial charge in [-0.25, -0.2) is 8.42 Å². The molecule has 3 rings (SSSR count). The van der Waals surface area contributed by atoms with Gasteiger partial charge in [0.2, 0.25) is 22.7 Å². The topological polar surface area (TPSA) is 84.9 Å². The van der Waals surface area contributed by atoms with E-state index in [1.165, 1.54) is 4.31 Å². The molecule has 1 heterocycles. The number of hydrogen-bond donors (Lipinski definition) is 1. The van der Waals surface area contributed by atoms with Gasteiger partial charge >= 0.3 is 0 Å². The Morgan fingerprint density at radius 1 is 1.18 bits per heavy atom. The zero-order chi connectivity index (χ0) is 20.3. The van der Waals surface area contributed by atoms with Crippen molar-refractivity contribution in [2.24, 2.45) is 0 Å². The zero-order valence-corrected chi connectivity index (χ0v) is 17.1. The number of hydrogen-bond acceptors (Lipinski definition) is 5. The third-order valence-corrected chi connectivity index (χ3v) is 5.71. The second kappa shape index (κ2) is 8.28. The lowest BCUT2D eigenvalue weighted by Crippen LogP contribution is -2.31. The fourth-order valence-corrected chi connectivity index (χ4v) is 3.98. The van der Waals surface area contributed by atoms with Gasteiger partial charge in [-0.1, -0.05) is 17.7 Å². The number of rotatable bonds is 7. The number of sulfonamides is 1. The van der Waals surface area contributed by atoms with E-state index in [1.807, 2.05) is 13.0 Å². The minimum atomic E-state index is -3.52. The Bertz CT molecular complexity index is 994. The number of benzene rings is 2. The quantitative estimate of drug-likeness (QED) is 0.734. The molecule has 1 amide bonds. The summed E-state index contributed by atoms with van der Waals surface area (Å²) in [6, 6.07) is 10.2. The van der Waals surface area contributed by atoms with E-state index in [0.29, 0.717) is 34.3 Å². The third kappa shape index (κ3) is 4.88. The molecule has 9 heteroatoms. The SMILES string of the molecule is Cc1ccc(Cl)cc1NC(=O)CCCN(c1ccc2c(c1)OCO2)S(C)(=O)=O. The van der Waals surface area contributed by atoms with Gasteiger partial charge in [-0.15, -0.1) is 0 Å². The van der Waals surface area contributed by atoms with E-state index in [1.54, 1.807) is 30.3 Å². The molecule has 0 spiro atoms. The molecule has 0 saturated carbocycles. The van der Waals surface area contributed by atoms with Crippen molar-refractivity contribution in [3.8, 4) is 11.5 Å². The summed E-state index contributed by atoms with van der Waals surface area (Å²) in [4.78, 5) is 12.2. The lowest BCUT2D eigenvalue weighted by molar-refractivity contribution is -0.116. The molecule has 0 saturated heterocycles. The van der Waals surface area contributed by atoms with E-state index in [9.17, 15) is 13.2 Å². The van der Waals surface area contributed by atoms with E-state index < -0.39 is 10.0 Å². The number of carbonyl (C=O) groups is 1. The summed E-state index contributed by atoms with van der Waals surface area (Å²) in [5, 5.41) is 3.34. The first-order chi connectivity index (χ1) is 13.2. The fraction of sp³-hybridized carbons (Fsp3) is 0.316. The van der Waals surface area contributed by atoms with E-state index in [-0.39, 0.29) is 25.7 Å². The summed E-state index contributed by atoms with van der Waals surface area (Å²) in [7, 11) is -3.52. The van der Waals surface area contributed by atoms with Crippen molar-refractivity contribution < 1.29 is 22.7 Å². The minimum Gasteiger partial charge on any atom is -0.454 e. The van der Waals surface area contributed by atoms with Crippen molar-refractivity contribution in [3.63, 3.8) is 0 Å². The molecule has 2 aromatic rings. The van der Waals surface area contributed by atoms with Crippen molar-refractivity contribution in [1.82, 2.24) is 0 Å². The standard InChI is InChI=1S/C19H21ClN2O5S/c1-13-5-6-14(20)10-16(13)21-19(23)4-3-9-22(28(2,24)25)15-7-8-17-18(11-15)27-12-26-17/h5-8,10-11H,3-4,9,12H2,1-2H3,(H,21,23). The molecule has 2 aromatic carbocycles. The summed E-state index contributed by atoms with van der Waals surface area (Å²) in [5.74, 6) is 0.873. The molecule has 0 atom stereocenters. The van der Waals surface area contributed by atoms with Crippen molar-refractivity contribution in [1.29, 1.82) is 0 Å². The fourth-order valence-electron chi connectivity index (χ4n) is 2.85. The summed E-state index contributed by atoms with van der Waals surface area (Å²) in [6.45, 7) is 2.15. The van der Waals surface area contributed by atoms with Gasteiger partial charge in [0, 0.05) is 29.7 Å². The summed E-state index contributed by atoms with van der Waals surface area (Å²) < 4.78 is 36.3. The van der Waals surface area contributed by atoms with Gasteiger partial charge < -0.3 is 14.8 Å². The predicted octanol–water partition coefficient (Wildman–Crippen LogP) is 3.56. The maximum atomic E-state index is 12.2. The Balaban J connectivity index is 1.63. The molecule has 1 aliphatic rings. The van der Waals surface area contributed by atoms with E-state index in [2.05, 4.69) is 5.32 Å². The minimum absolute atomic E-state index is 0.112. The van der Waals surface area contributed by atoms with Crippen LogP contribution < -0.4 is 19.1 Å². The van der Waals surface area contributed by atoms with Crippen LogP contribution in [0.4, 0.5) is 11.4 Å². The second-order valence-corrected chi connectivity index (χ2v) is 8.83. The highest BCUT2D eigenvalue weighted by molar-refractivity contribution is 7.92. The third-order valence-electron chi connectivity index (χ3n) is 4.28. The lowest BCUT2D eigenvalue weighted by Gasteiger charge is -2.22. The van der Waals surface area contributed by atoms with E-state index in [0.717, 1.165) is 11.8 Å². The first-order valence-corrected chi connectivity index (χ1v) is 10.9. The number of amides is 1. The van der Waals surface area contributed by atoms with E-state index in [4.69, 9.17) is 21.1 Å². The van der Waals surface area contributed by atoms with Crippen LogP contribution in [0.2, 0.25) is 5.02 Å². The highest BCUT2D eigenvalue weighted by Gasteiger charge is 2.21. The van der Waals surface area contributed by atoms with Gasteiger partial charge in [0.05, 0.1) is 11.9 Å². The first-order valence-electron chi connectivity index (χ1n) is 8.67. The Labute approximate surface area is 169 Å². The Morgan fingerprint density at radius 2 is 1.93 bits per heavy atom. The Morgan fingerprint density at radius 3 is 2.68 bits per heavy atom. The lowest BCUT2D eigenvalue weighted by atomic mass is 10.2. The van der Waals surface area contributed by atoms with Gasteiger partial charge in [0.1, 0.15) is 0 Å². The predicted molar refractivity (Wildman–Crippen MR) is 109 cm³/mol. The van der Waals surface area contributed by atoms with Gasteiger partial charge in [0.15, 0.2) is 11.5 Å². The van der Waals surface area contributed by atoms with Crippen molar-refractivity contribution in [2.75, 3.05) is 29.2 Å². The van der Waals surface area contributed by atoms with Gasteiger partial charge in [0.25, 0.3) is 0 Å². The molecule has 0 aliphatic carbocycles. The molecule has 1 aliphatic heterocycles. The molecule has 1 N–H and O–H groups in total. The first kappa shape index (κ1) is 20.3. The molecule has 28 heavy (non-hydrogen) atoms. The van der Waals surface area contributed by atoms with Crippen LogP contribution in [0, 0.1) is 6.92 Å². The highest BCUT2D eigenvalue weighted by atomic mass is 35.5. The van der Waals surface area contributed by atoms with Gasteiger partial charge in [-0.2, -0.15) is 0 Å². The Hall–Kier alpha value is -2.45. The number of nitrogens with zero attached hydrogens (tertiary/aromatic N) is 1. The van der Waals surface area contributed by atoms with Crippen molar-refractivity contribution in [3.05, 3.63) is 47.0 Å². The molecule has 0 radical (unpaired) electrons. The molecule has 0 fully saturated rings. The maximum absolute atomic E-state index is 12.2. The molecular weight excluding hydrogens is 404 g/mol. The smallest absolute Gasteiger partial charge is 0.232 e. The number of aryl methyl sites for hydroxylation is 1. The second-order valence-electron chi connectivity index (χ2n) is 6.48. The number of nitrogens with one attached hydrogen (secondary N) is 1. The molecule has 0 unspecified atom stereocenters. The average Bonchev–Trinajstić information content (AvgIpc) is 3.08. The van der Waals surface area contributed by atoms with Crippen LogP contribution in [0.5, 0.6) is 11.5 Å². The summed E-state index contributed by atoms with van der Waals surface area (Å²) >= 11 is 5.96. The van der Waals surface area contributed by atoms with Gasteiger partial charge in [-0.05, 0) is 43.2 Å². The Kier molecular flexibility index (Phi) is 6.00. The monoisotopic (exact) mass is 424 g/mol. The molecule has 0 bridgehead atoms. The van der Waals surface area contributed by atoms with Crippen LogP contribution in [0.25, 0.3) is 0 Å². The van der Waals surface area contributed by atoms with Crippen LogP contribution in [-0.2, 0) is 14.8 Å². The maximum Gasteiger partial charge on any atom is 0.232 e. The highest BCUT2D eigenvalue weighted by Crippen LogP contribution is 2.36. The normalized spacial score (nSPS) is 12.7. The zero-order valence-electron chi connectivity index (χ0n) is 15.6. The van der Waals surface area contributed by atoms with Crippen LogP contribution in [-0.4, -0.2) is 33.9 Å². The van der Waals surface area contributed by atoms with Crippen molar-refractivity contribution >= 4 is 38.9 Å². The van der Waals surface area contributed by atoms with Crippen LogP contribution in [0.1, 0.15) is 18.4 Å². The molecule has 150 valence electrons. The number of halogens is 1. The van der Waals surface area contributed by atoms with Crippen LogP contribution in [0.15, 0.2) is 36.4 Å². The molecule has 7 nitrogen and oxygen atoms in total. The van der Waals surface area contributed by atoms with Crippen LogP contribution in [0.3, 0.4) is 0 Å². The summed E-state index contributed by atoms with van der Waals surface area (Å²) in [6.07, 6.45) is 1.66. The van der Waals surface area contributed by atoms with Crippen LogP contribution >= 0.6 is 11.6 Å². The largest absolute Gasteiger partial charge is 0.454 e. The number of ether oxygens (including phenoxy) is 2. The van der Waals surface area contributed by atoms with Gasteiger partial charge in [-0.3, -0.25) is 9.10 Å². The summed E-state index contributed by atoms with van der Waals surface area (Å²) in [5.41, 5.74) is 2.02. The average molecular weight is 425 g/mol. The number of carbonyl (C=O) groups excluding carboxylic acids is 1. The number of fused-ring (bicyclic) bond motifs is 1. The number of anilines is 2. The molecular formula is C19H21ClN2O5S. The van der Waals surface area contributed by atoms with E-state index >= 15 is 0 Å². The molecule has 0 aromatic heterocycles.